The van der Waals surface area contributed by atoms with Crippen LogP contribution in [0.1, 0.15) is 11.1 Å². The summed E-state index contributed by atoms with van der Waals surface area (Å²) in [5.41, 5.74) is 1.38. The first kappa shape index (κ1) is 21.9. The number of nitrogens with one attached hydrogen (secondary N) is 1. The Kier molecular flexibility index (Phi) is 7.05. The molecular weight excluding hydrogens is 461 g/mol. The molecule has 1 aliphatic rings. The molecule has 9 heteroatoms. The Hall–Kier alpha value is -1.81. The molecule has 1 aliphatic heterocycles. The van der Waals surface area contributed by atoms with Crippen LogP contribution < -0.4 is 5.32 Å². The first-order chi connectivity index (χ1) is 13.8. The van der Waals surface area contributed by atoms with Gasteiger partial charge in [-0.05, 0) is 42.3 Å². The second-order valence-corrected chi connectivity index (χ2v) is 9.85. The van der Waals surface area contributed by atoms with Crippen LogP contribution in [0.3, 0.4) is 0 Å². The Morgan fingerprint density at radius 2 is 1.86 bits per heavy atom. The van der Waals surface area contributed by atoms with E-state index in [1.165, 1.54) is 10.4 Å². The lowest BCUT2D eigenvalue weighted by molar-refractivity contribution is -0.122. The number of nitrogens with zero attached hydrogens (tertiary/aromatic N) is 2. The van der Waals surface area contributed by atoms with Gasteiger partial charge in [0.2, 0.25) is 15.9 Å². The van der Waals surface area contributed by atoms with Crippen LogP contribution >= 0.6 is 15.9 Å². The molecule has 1 heterocycles. The monoisotopic (exact) mass is 483 g/mol. The van der Waals surface area contributed by atoms with Crippen molar-refractivity contribution >= 4 is 31.9 Å². The van der Waals surface area contributed by atoms with Gasteiger partial charge in [0, 0.05) is 37.2 Å². The van der Waals surface area contributed by atoms with E-state index in [4.69, 9.17) is 0 Å². The minimum Gasteiger partial charge on any atom is -0.351 e. The second-order valence-electron chi connectivity index (χ2n) is 7.00. The molecule has 1 saturated heterocycles. The molecule has 1 amide bonds. The fourth-order valence-corrected chi connectivity index (χ4v) is 5.20. The van der Waals surface area contributed by atoms with Gasteiger partial charge in [0.05, 0.1) is 11.4 Å². The van der Waals surface area contributed by atoms with Crippen molar-refractivity contribution in [1.29, 1.82) is 0 Å². The number of carbonyl (C=O) groups is 1. The molecule has 0 unspecified atom stereocenters. The van der Waals surface area contributed by atoms with Crippen molar-refractivity contribution in [3.05, 3.63) is 63.9 Å². The lowest BCUT2D eigenvalue weighted by atomic mass is 10.1. The van der Waals surface area contributed by atoms with Gasteiger partial charge >= 0.3 is 0 Å². The number of piperazine rings is 1. The van der Waals surface area contributed by atoms with E-state index in [9.17, 15) is 17.6 Å². The number of amides is 1. The minimum atomic E-state index is -3.54. The Bertz CT molecular complexity index is 992. The van der Waals surface area contributed by atoms with Gasteiger partial charge in [-0.25, -0.2) is 12.8 Å². The minimum absolute atomic E-state index is 0.143. The highest BCUT2D eigenvalue weighted by Crippen LogP contribution is 2.21. The molecule has 0 radical (unpaired) electrons. The molecule has 6 nitrogen and oxygen atoms in total. The number of benzene rings is 2. The Labute approximate surface area is 178 Å². The number of halogens is 2. The van der Waals surface area contributed by atoms with E-state index in [2.05, 4.69) is 21.2 Å². The van der Waals surface area contributed by atoms with Crippen LogP contribution in [0.5, 0.6) is 0 Å². The van der Waals surface area contributed by atoms with E-state index in [1.807, 2.05) is 4.90 Å². The molecule has 1 N–H and O–H groups in total. The third kappa shape index (κ3) is 5.63. The number of rotatable bonds is 6. The average molecular weight is 484 g/mol. The first-order valence-electron chi connectivity index (χ1n) is 9.25. The molecule has 0 atom stereocenters. The smallest absolute Gasteiger partial charge is 0.243 e. The van der Waals surface area contributed by atoms with Crippen molar-refractivity contribution in [2.75, 3.05) is 32.7 Å². The summed E-state index contributed by atoms with van der Waals surface area (Å²) in [5.74, 6) is -0.411. The Morgan fingerprint density at radius 1 is 1.14 bits per heavy atom. The van der Waals surface area contributed by atoms with Crippen molar-refractivity contribution in [3.8, 4) is 0 Å². The fourth-order valence-electron chi connectivity index (χ4n) is 3.18. The van der Waals surface area contributed by atoms with Crippen LogP contribution in [0.25, 0.3) is 0 Å². The molecule has 156 valence electrons. The van der Waals surface area contributed by atoms with Gasteiger partial charge in [0.15, 0.2) is 0 Å². The highest BCUT2D eigenvalue weighted by atomic mass is 79.9. The topological polar surface area (TPSA) is 69.7 Å². The standard InChI is InChI=1S/C20H23BrFN3O3S/c1-15-11-16(5-6-19(15)22)13-23-20(26)14-24-7-9-25(10-8-24)29(27,28)18-4-2-3-17(21)12-18/h2-6,11-12H,7-10,13-14H2,1H3,(H,23,26). The zero-order chi connectivity index (χ0) is 21.0. The van der Waals surface area contributed by atoms with Crippen molar-refractivity contribution in [2.24, 2.45) is 0 Å². The van der Waals surface area contributed by atoms with Crippen LogP contribution in [-0.4, -0.2) is 56.3 Å². The van der Waals surface area contributed by atoms with Crippen LogP contribution in [0.15, 0.2) is 51.8 Å². The summed E-state index contributed by atoms with van der Waals surface area (Å²) in [4.78, 5) is 14.4. The highest BCUT2D eigenvalue weighted by molar-refractivity contribution is 9.10. The number of aryl methyl sites for hydroxylation is 1. The van der Waals surface area contributed by atoms with E-state index < -0.39 is 10.0 Å². The largest absolute Gasteiger partial charge is 0.351 e. The van der Waals surface area contributed by atoms with Crippen LogP contribution in [-0.2, 0) is 21.4 Å². The summed E-state index contributed by atoms with van der Waals surface area (Å²) in [6.45, 7) is 3.84. The normalized spacial score (nSPS) is 16.0. The zero-order valence-corrected chi connectivity index (χ0v) is 18.5. The van der Waals surface area contributed by atoms with Gasteiger partial charge in [-0.15, -0.1) is 0 Å². The molecule has 1 fully saturated rings. The molecule has 0 spiro atoms. The summed E-state index contributed by atoms with van der Waals surface area (Å²) >= 11 is 3.30. The van der Waals surface area contributed by atoms with Crippen LogP contribution in [0.2, 0.25) is 0 Å². The Balaban J connectivity index is 1.49. The maximum Gasteiger partial charge on any atom is 0.243 e. The molecular formula is C20H23BrFN3O3S. The predicted octanol–water partition coefficient (Wildman–Crippen LogP) is 2.52. The molecule has 2 aromatic carbocycles. The average Bonchev–Trinajstić information content (AvgIpc) is 2.69. The summed E-state index contributed by atoms with van der Waals surface area (Å²) in [6, 6.07) is 11.4. The molecule has 0 saturated carbocycles. The lowest BCUT2D eigenvalue weighted by Gasteiger charge is -2.33. The quantitative estimate of drug-likeness (QED) is 0.685. The van der Waals surface area contributed by atoms with Gasteiger partial charge in [0.25, 0.3) is 0 Å². The van der Waals surface area contributed by atoms with Crippen molar-refractivity contribution < 1.29 is 17.6 Å². The summed E-state index contributed by atoms with van der Waals surface area (Å²) in [5, 5.41) is 2.83. The van der Waals surface area contributed by atoms with Gasteiger partial charge in [-0.3, -0.25) is 9.69 Å². The molecule has 0 aromatic heterocycles. The highest BCUT2D eigenvalue weighted by Gasteiger charge is 2.29. The molecule has 0 aliphatic carbocycles. The SMILES string of the molecule is Cc1cc(CNC(=O)CN2CCN(S(=O)(=O)c3cccc(Br)c3)CC2)ccc1F. The zero-order valence-electron chi connectivity index (χ0n) is 16.1. The summed E-state index contributed by atoms with van der Waals surface area (Å²) in [6.07, 6.45) is 0. The number of hydrogen-bond donors (Lipinski definition) is 1. The van der Waals surface area contributed by atoms with Gasteiger partial charge < -0.3 is 5.32 Å². The van der Waals surface area contributed by atoms with Crippen molar-refractivity contribution in [1.82, 2.24) is 14.5 Å². The first-order valence-corrected chi connectivity index (χ1v) is 11.5. The van der Waals surface area contributed by atoms with E-state index in [1.54, 1.807) is 43.3 Å². The molecule has 0 bridgehead atoms. The lowest BCUT2D eigenvalue weighted by Crippen LogP contribution is -2.50. The van der Waals surface area contributed by atoms with Gasteiger partial charge in [-0.2, -0.15) is 4.31 Å². The van der Waals surface area contributed by atoms with Crippen molar-refractivity contribution in [2.45, 2.75) is 18.4 Å². The maximum atomic E-state index is 13.3. The number of carbonyl (C=O) groups excluding carboxylic acids is 1. The summed E-state index contributed by atoms with van der Waals surface area (Å²) < 4.78 is 41.0. The van der Waals surface area contributed by atoms with E-state index in [0.29, 0.717) is 42.8 Å². The molecule has 2 aromatic rings. The maximum absolute atomic E-state index is 13.3. The number of sulfonamides is 1. The van der Waals surface area contributed by atoms with Crippen LogP contribution in [0.4, 0.5) is 4.39 Å². The van der Waals surface area contributed by atoms with Gasteiger partial charge in [0.1, 0.15) is 5.82 Å². The van der Waals surface area contributed by atoms with Gasteiger partial charge in [-0.1, -0.05) is 34.1 Å². The predicted molar refractivity (Wildman–Crippen MR) is 112 cm³/mol. The number of hydrogen-bond acceptors (Lipinski definition) is 4. The molecule has 29 heavy (non-hydrogen) atoms. The van der Waals surface area contributed by atoms with E-state index in [-0.39, 0.29) is 23.2 Å². The Morgan fingerprint density at radius 3 is 2.52 bits per heavy atom. The fraction of sp³-hybridized carbons (Fsp3) is 0.350. The second kappa shape index (κ2) is 9.34. The van der Waals surface area contributed by atoms with E-state index >= 15 is 0 Å². The summed E-state index contributed by atoms with van der Waals surface area (Å²) in [7, 11) is -3.54. The third-order valence-electron chi connectivity index (χ3n) is 4.84. The van der Waals surface area contributed by atoms with Crippen molar-refractivity contribution in [3.63, 3.8) is 0 Å². The van der Waals surface area contributed by atoms with Crippen LogP contribution in [0, 0.1) is 12.7 Å². The van der Waals surface area contributed by atoms with E-state index in [0.717, 1.165) is 5.56 Å². The third-order valence-corrected chi connectivity index (χ3v) is 7.23. The molecule has 3 rings (SSSR count).